The third-order valence-electron chi connectivity index (χ3n) is 4.29. The van der Waals surface area contributed by atoms with Crippen LogP contribution in [0.2, 0.25) is 0 Å². The largest absolute Gasteiger partial charge is 0.484 e. The molecule has 3 rings (SSSR count). The number of amides is 2. The number of thiophene rings is 1. The number of carbonyl (C=O) groups excluding carboxylic acids is 2. The minimum absolute atomic E-state index is 0.00664. The molecule has 1 aliphatic rings. The molecule has 1 aromatic carbocycles. The van der Waals surface area contributed by atoms with Crippen LogP contribution in [-0.4, -0.2) is 42.1 Å². The Morgan fingerprint density at radius 2 is 2.07 bits per heavy atom. The molecular weight excluding hydrogens is 393 g/mol. The van der Waals surface area contributed by atoms with E-state index in [4.69, 9.17) is 4.74 Å². The fraction of sp³-hybridized carbons (Fsp3) is 0.368. The average molecular weight is 412 g/mol. The number of nitrogens with zero attached hydrogens (tertiary/aromatic N) is 1. The standard InChI is InChI=1S/C19H19F3N2O3S/c20-19(21,22)12-27-14-5-1-4-13(10-14)23-18(26)16-7-2-8-24(16)17(25)11-15-6-3-9-28-15/h1,3-6,9-10,16H,2,7-8,11-12H2,(H,23,26). The highest BCUT2D eigenvalue weighted by molar-refractivity contribution is 7.10. The second-order valence-corrected chi connectivity index (χ2v) is 7.45. The van der Waals surface area contributed by atoms with Crippen LogP contribution in [0, 0.1) is 0 Å². The van der Waals surface area contributed by atoms with E-state index in [9.17, 15) is 22.8 Å². The molecule has 150 valence electrons. The maximum Gasteiger partial charge on any atom is 0.422 e. The van der Waals surface area contributed by atoms with Crippen molar-refractivity contribution in [1.29, 1.82) is 0 Å². The SMILES string of the molecule is O=C(Nc1cccc(OCC(F)(F)F)c1)C1CCCN1C(=O)Cc1cccs1. The van der Waals surface area contributed by atoms with E-state index in [0.29, 0.717) is 18.7 Å². The van der Waals surface area contributed by atoms with E-state index in [1.54, 1.807) is 11.0 Å². The number of carbonyl (C=O) groups is 2. The second kappa shape index (κ2) is 8.64. The first kappa shape index (κ1) is 20.2. The lowest BCUT2D eigenvalue weighted by molar-refractivity contribution is -0.153. The van der Waals surface area contributed by atoms with Gasteiger partial charge in [0.05, 0.1) is 6.42 Å². The average Bonchev–Trinajstić information content (AvgIpc) is 3.31. The Morgan fingerprint density at radius 1 is 1.25 bits per heavy atom. The molecule has 28 heavy (non-hydrogen) atoms. The molecule has 1 aromatic heterocycles. The molecule has 0 spiro atoms. The zero-order chi connectivity index (χ0) is 20.1. The Bertz CT molecular complexity index is 824. The number of likely N-dealkylation sites (tertiary alicyclic amines) is 1. The molecule has 5 nitrogen and oxygen atoms in total. The quantitative estimate of drug-likeness (QED) is 0.784. The molecule has 1 unspecified atom stereocenters. The van der Waals surface area contributed by atoms with Crippen molar-refractivity contribution >= 4 is 28.8 Å². The summed E-state index contributed by atoms with van der Waals surface area (Å²) in [6.07, 6.45) is -2.91. The van der Waals surface area contributed by atoms with Gasteiger partial charge in [-0.15, -0.1) is 11.3 Å². The van der Waals surface area contributed by atoms with Crippen LogP contribution in [0.4, 0.5) is 18.9 Å². The Morgan fingerprint density at radius 3 is 2.79 bits per heavy atom. The number of nitrogens with one attached hydrogen (secondary N) is 1. The molecule has 2 heterocycles. The fourth-order valence-corrected chi connectivity index (χ4v) is 3.75. The van der Waals surface area contributed by atoms with Gasteiger partial charge < -0.3 is 15.0 Å². The smallest absolute Gasteiger partial charge is 0.422 e. The maximum absolute atomic E-state index is 12.6. The molecule has 2 aromatic rings. The molecule has 1 fully saturated rings. The van der Waals surface area contributed by atoms with E-state index in [0.717, 1.165) is 11.3 Å². The van der Waals surface area contributed by atoms with E-state index in [1.807, 2.05) is 17.5 Å². The first-order chi connectivity index (χ1) is 13.3. The van der Waals surface area contributed by atoms with E-state index < -0.39 is 18.8 Å². The summed E-state index contributed by atoms with van der Waals surface area (Å²) < 4.78 is 41.5. The van der Waals surface area contributed by atoms with Gasteiger partial charge in [-0.2, -0.15) is 13.2 Å². The van der Waals surface area contributed by atoms with Crippen LogP contribution in [0.15, 0.2) is 41.8 Å². The number of benzene rings is 1. The van der Waals surface area contributed by atoms with Crippen LogP contribution < -0.4 is 10.1 Å². The number of hydrogen-bond acceptors (Lipinski definition) is 4. The summed E-state index contributed by atoms with van der Waals surface area (Å²) in [5, 5.41) is 4.57. The minimum atomic E-state index is -4.44. The Hall–Kier alpha value is -2.55. The summed E-state index contributed by atoms with van der Waals surface area (Å²) in [6.45, 7) is -0.894. The highest BCUT2D eigenvalue weighted by Gasteiger charge is 2.34. The molecule has 0 aliphatic carbocycles. The summed E-state index contributed by atoms with van der Waals surface area (Å²) in [5.74, 6) is -0.459. The van der Waals surface area contributed by atoms with Crippen LogP contribution in [0.1, 0.15) is 17.7 Å². The normalized spacial score (nSPS) is 16.8. The molecule has 1 aliphatic heterocycles. The molecule has 1 atom stereocenters. The molecule has 0 radical (unpaired) electrons. The number of hydrogen-bond donors (Lipinski definition) is 1. The van der Waals surface area contributed by atoms with Crippen molar-refractivity contribution in [3.05, 3.63) is 46.7 Å². The van der Waals surface area contributed by atoms with Gasteiger partial charge in [-0.3, -0.25) is 9.59 Å². The monoisotopic (exact) mass is 412 g/mol. The van der Waals surface area contributed by atoms with Gasteiger partial charge in [0.2, 0.25) is 11.8 Å². The van der Waals surface area contributed by atoms with Gasteiger partial charge in [-0.1, -0.05) is 12.1 Å². The fourth-order valence-electron chi connectivity index (χ4n) is 3.06. The van der Waals surface area contributed by atoms with E-state index in [1.165, 1.54) is 29.5 Å². The van der Waals surface area contributed by atoms with Crippen LogP contribution >= 0.6 is 11.3 Å². The van der Waals surface area contributed by atoms with Gasteiger partial charge in [-0.25, -0.2) is 0 Å². The van der Waals surface area contributed by atoms with E-state index >= 15 is 0 Å². The first-order valence-corrected chi connectivity index (χ1v) is 9.62. The number of rotatable bonds is 6. The number of halogens is 3. The van der Waals surface area contributed by atoms with Crippen LogP contribution in [0.3, 0.4) is 0 Å². The van der Waals surface area contributed by atoms with E-state index in [-0.39, 0.29) is 24.0 Å². The molecular formula is C19H19F3N2O3S. The Kier molecular flexibility index (Phi) is 6.23. The summed E-state index contributed by atoms with van der Waals surface area (Å²) in [6, 6.07) is 8.92. The molecule has 1 saturated heterocycles. The second-order valence-electron chi connectivity index (χ2n) is 6.42. The summed E-state index contributed by atoms with van der Waals surface area (Å²) in [5.41, 5.74) is 0.322. The lowest BCUT2D eigenvalue weighted by Gasteiger charge is -2.24. The van der Waals surface area contributed by atoms with Crippen LogP contribution in [-0.2, 0) is 16.0 Å². The van der Waals surface area contributed by atoms with Gasteiger partial charge in [-0.05, 0) is 36.4 Å². The lowest BCUT2D eigenvalue weighted by atomic mass is 10.2. The zero-order valence-corrected chi connectivity index (χ0v) is 15.7. The van der Waals surface area contributed by atoms with Crippen LogP contribution in [0.5, 0.6) is 5.75 Å². The first-order valence-electron chi connectivity index (χ1n) is 8.74. The van der Waals surface area contributed by atoms with Gasteiger partial charge in [0.25, 0.3) is 0 Å². The Balaban J connectivity index is 1.61. The third-order valence-corrected chi connectivity index (χ3v) is 5.16. The minimum Gasteiger partial charge on any atom is -0.484 e. The molecule has 9 heteroatoms. The van der Waals surface area contributed by atoms with E-state index in [2.05, 4.69) is 5.32 Å². The summed E-state index contributed by atoms with van der Waals surface area (Å²) in [7, 11) is 0. The van der Waals surface area contributed by atoms with Gasteiger partial charge in [0.15, 0.2) is 6.61 Å². The molecule has 0 bridgehead atoms. The van der Waals surface area contributed by atoms with Crippen molar-refractivity contribution in [3.63, 3.8) is 0 Å². The van der Waals surface area contributed by atoms with Crippen molar-refractivity contribution in [2.24, 2.45) is 0 Å². The van der Waals surface area contributed by atoms with Crippen molar-refractivity contribution in [1.82, 2.24) is 4.90 Å². The predicted octanol–water partition coefficient (Wildman–Crippen LogP) is 3.86. The zero-order valence-electron chi connectivity index (χ0n) is 14.9. The maximum atomic E-state index is 12.6. The molecule has 0 saturated carbocycles. The highest BCUT2D eigenvalue weighted by Crippen LogP contribution is 2.24. The van der Waals surface area contributed by atoms with Crippen molar-refractivity contribution in [3.8, 4) is 5.75 Å². The van der Waals surface area contributed by atoms with Gasteiger partial charge in [0.1, 0.15) is 11.8 Å². The van der Waals surface area contributed by atoms with Crippen LogP contribution in [0.25, 0.3) is 0 Å². The summed E-state index contributed by atoms with van der Waals surface area (Å²) >= 11 is 1.49. The summed E-state index contributed by atoms with van der Waals surface area (Å²) in [4.78, 5) is 27.7. The number of ether oxygens (including phenoxy) is 1. The third kappa shape index (κ3) is 5.48. The topological polar surface area (TPSA) is 58.6 Å². The van der Waals surface area contributed by atoms with Crippen molar-refractivity contribution in [2.75, 3.05) is 18.5 Å². The van der Waals surface area contributed by atoms with Gasteiger partial charge in [0, 0.05) is 23.2 Å². The Labute approximate surface area is 164 Å². The number of alkyl halides is 3. The number of anilines is 1. The lowest BCUT2D eigenvalue weighted by Crippen LogP contribution is -2.43. The molecule has 2 amide bonds. The van der Waals surface area contributed by atoms with Gasteiger partial charge >= 0.3 is 6.18 Å². The highest BCUT2D eigenvalue weighted by atomic mass is 32.1. The molecule has 1 N–H and O–H groups in total. The van der Waals surface area contributed by atoms with Crippen molar-refractivity contribution < 1.29 is 27.5 Å². The predicted molar refractivity (Wildman–Crippen MR) is 99.4 cm³/mol. The van der Waals surface area contributed by atoms with Crippen molar-refractivity contribution in [2.45, 2.75) is 31.5 Å².